The number of aliphatic hydroxyl groups is 2. The summed E-state index contributed by atoms with van der Waals surface area (Å²) in [5.74, 6) is 4.87. The molecule has 4 saturated carbocycles. The molecule has 0 amide bonds. The van der Waals surface area contributed by atoms with Crippen LogP contribution in [0.3, 0.4) is 0 Å². The zero-order valence-corrected chi connectivity index (χ0v) is 29.2. The fourth-order valence-corrected chi connectivity index (χ4v) is 9.84. The van der Waals surface area contributed by atoms with Crippen LogP contribution >= 0.6 is 0 Å². The van der Waals surface area contributed by atoms with E-state index >= 15 is 0 Å². The Morgan fingerprint density at radius 2 is 0.651 bits per heavy atom. The van der Waals surface area contributed by atoms with Gasteiger partial charge in [-0.3, -0.25) is 0 Å². The molecular weight excluding hydrogens is 526 g/mol. The number of hydrogen-bond acceptors (Lipinski definition) is 3. The Kier molecular flexibility index (Phi) is 12.7. The van der Waals surface area contributed by atoms with E-state index in [1.54, 1.807) is 0 Å². The topological polar surface area (TPSA) is 22.5 Å². The molecule has 4 heteroatoms. The van der Waals surface area contributed by atoms with Crippen LogP contribution in [0, 0.1) is 35.5 Å². The van der Waals surface area contributed by atoms with E-state index in [-0.39, 0.29) is 0 Å². The minimum absolute atomic E-state index is 0.608. The maximum atomic E-state index is 5.72. The SMILES string of the molecule is CN(C)C1CCC(/C=C/C2CCC(/C=C/C3CC(C4CCC(N(C)C)CC4)[OH+]C(C4CCC(N(C)C)CC4)C3)CC2)CC1. The van der Waals surface area contributed by atoms with E-state index in [4.69, 9.17) is 4.74 Å². The highest BCUT2D eigenvalue weighted by atomic mass is 16.5. The van der Waals surface area contributed by atoms with Crippen LogP contribution in [0.1, 0.15) is 116 Å². The highest BCUT2D eigenvalue weighted by molar-refractivity contribution is 5.02. The molecule has 4 aliphatic carbocycles. The van der Waals surface area contributed by atoms with E-state index in [2.05, 4.69) is 81.3 Å². The lowest BCUT2D eigenvalue weighted by Gasteiger charge is -2.42. The number of hydrogen-bond donors (Lipinski definition) is 0. The smallest absolute Gasteiger partial charge is 0.158 e. The maximum Gasteiger partial charge on any atom is 0.158 e. The molecule has 0 bridgehead atoms. The molecule has 0 spiro atoms. The molecule has 0 aromatic heterocycles. The quantitative estimate of drug-likeness (QED) is 0.199. The van der Waals surface area contributed by atoms with Crippen LogP contribution in [0.15, 0.2) is 24.3 Å². The molecule has 1 aliphatic heterocycles. The first-order valence-electron chi connectivity index (χ1n) is 18.8. The van der Waals surface area contributed by atoms with Gasteiger partial charge in [0.25, 0.3) is 0 Å². The molecule has 43 heavy (non-hydrogen) atoms. The Bertz CT molecular complexity index is 814. The van der Waals surface area contributed by atoms with E-state index < -0.39 is 0 Å². The predicted molar refractivity (Wildman–Crippen MR) is 185 cm³/mol. The fourth-order valence-electron chi connectivity index (χ4n) is 9.84. The number of ether oxygens (including phenoxy) is 1. The summed E-state index contributed by atoms with van der Waals surface area (Å²) in [5, 5.41) is 0. The van der Waals surface area contributed by atoms with Crippen molar-refractivity contribution >= 4 is 0 Å². The summed E-state index contributed by atoms with van der Waals surface area (Å²) in [6, 6.07) is 2.39. The molecule has 0 aromatic carbocycles. The fraction of sp³-hybridized carbons (Fsp3) is 0.897. The normalized spacial score (nSPS) is 42.0. The molecule has 4 nitrogen and oxygen atoms in total. The van der Waals surface area contributed by atoms with Gasteiger partial charge in [0.2, 0.25) is 0 Å². The van der Waals surface area contributed by atoms with Crippen molar-refractivity contribution < 1.29 is 4.74 Å². The monoisotopic (exact) mass is 597 g/mol. The Balaban J connectivity index is 1.12. The van der Waals surface area contributed by atoms with Gasteiger partial charge in [0, 0.05) is 42.8 Å². The molecule has 0 aromatic rings. The van der Waals surface area contributed by atoms with Gasteiger partial charge in [-0.25, -0.2) is 0 Å². The number of nitrogens with zero attached hydrogens (tertiary/aromatic N) is 3. The largest absolute Gasteiger partial charge is 0.429 e. The van der Waals surface area contributed by atoms with Crippen molar-refractivity contribution in [1.29, 1.82) is 0 Å². The lowest BCUT2D eigenvalue weighted by atomic mass is 9.73. The summed E-state index contributed by atoms with van der Waals surface area (Å²) < 4.78 is 5.72. The number of rotatable bonds is 9. The summed E-state index contributed by atoms with van der Waals surface area (Å²) in [4.78, 5) is 7.36. The first-order chi connectivity index (χ1) is 20.7. The van der Waals surface area contributed by atoms with Crippen LogP contribution in [-0.4, -0.2) is 92.1 Å². The van der Waals surface area contributed by atoms with Crippen LogP contribution in [0.25, 0.3) is 0 Å². The summed E-state index contributed by atoms with van der Waals surface area (Å²) in [5.41, 5.74) is 0. The first-order valence-corrected chi connectivity index (χ1v) is 18.8. The molecule has 1 N–H and O–H groups in total. The van der Waals surface area contributed by atoms with Crippen molar-refractivity contribution in [2.75, 3.05) is 42.3 Å². The van der Waals surface area contributed by atoms with Gasteiger partial charge in [-0.2, -0.15) is 0 Å². The van der Waals surface area contributed by atoms with Gasteiger partial charge >= 0.3 is 0 Å². The molecule has 246 valence electrons. The molecule has 2 unspecified atom stereocenters. The van der Waals surface area contributed by atoms with Gasteiger partial charge in [-0.05, 0) is 169 Å². The standard InChI is InChI=1S/C39H69N3O/c1-40(2)35-21-15-31(16-22-35)12-11-29-7-9-30(10-8-29)13-14-32-27-38(33-17-23-36(24-18-33)41(3)4)43-39(28-32)34-19-25-37(26-20-34)42(5)6/h11-14,29-39H,7-10,15-28H2,1-6H3/p+1/b12-11+,14-13+. The minimum Gasteiger partial charge on any atom is -0.429 e. The van der Waals surface area contributed by atoms with Crippen molar-refractivity contribution in [1.82, 2.24) is 14.7 Å². The van der Waals surface area contributed by atoms with Gasteiger partial charge < -0.3 is 19.4 Å². The highest BCUT2D eigenvalue weighted by Gasteiger charge is 2.43. The van der Waals surface area contributed by atoms with Crippen LogP contribution < -0.4 is 0 Å². The van der Waals surface area contributed by atoms with Crippen molar-refractivity contribution in [2.24, 2.45) is 35.5 Å². The second-order valence-electron chi connectivity index (χ2n) is 16.6. The highest BCUT2D eigenvalue weighted by Crippen LogP contribution is 2.41. The minimum atomic E-state index is 0.608. The van der Waals surface area contributed by atoms with Gasteiger partial charge in [-0.15, -0.1) is 0 Å². The molecule has 5 aliphatic rings. The third kappa shape index (κ3) is 9.66. The third-order valence-electron chi connectivity index (χ3n) is 13.1. The summed E-state index contributed by atoms with van der Waals surface area (Å²) in [7, 11) is 13.6. The Morgan fingerprint density at radius 3 is 0.977 bits per heavy atom. The molecule has 1 heterocycles. The van der Waals surface area contributed by atoms with Crippen molar-refractivity contribution in [2.45, 2.75) is 146 Å². The van der Waals surface area contributed by atoms with Crippen molar-refractivity contribution in [3.63, 3.8) is 0 Å². The summed E-state index contributed by atoms with van der Waals surface area (Å²) in [6.07, 6.45) is 36.7. The lowest BCUT2D eigenvalue weighted by molar-refractivity contribution is -0.239. The second-order valence-corrected chi connectivity index (χ2v) is 16.6. The first kappa shape index (κ1) is 33.7. The summed E-state index contributed by atoms with van der Waals surface area (Å²) in [6.45, 7) is 0. The Morgan fingerprint density at radius 1 is 0.372 bits per heavy atom. The molecule has 5 fully saturated rings. The molecule has 2 atom stereocenters. The zero-order valence-electron chi connectivity index (χ0n) is 29.2. The summed E-state index contributed by atoms with van der Waals surface area (Å²) >= 11 is 0. The maximum absolute atomic E-state index is 5.72. The zero-order chi connectivity index (χ0) is 30.3. The molecule has 0 radical (unpaired) electrons. The average Bonchev–Trinajstić information content (AvgIpc) is 3.03. The van der Waals surface area contributed by atoms with Gasteiger partial charge in [0.1, 0.15) is 0 Å². The van der Waals surface area contributed by atoms with Gasteiger partial charge in [0.05, 0.1) is 0 Å². The van der Waals surface area contributed by atoms with Crippen molar-refractivity contribution in [3.05, 3.63) is 24.3 Å². The van der Waals surface area contributed by atoms with E-state index in [9.17, 15) is 0 Å². The van der Waals surface area contributed by atoms with Gasteiger partial charge in [0.15, 0.2) is 12.2 Å². The van der Waals surface area contributed by atoms with Crippen LogP contribution in [-0.2, 0) is 0 Å². The Hall–Kier alpha value is -0.680. The molecule has 5 rings (SSSR count). The average molecular weight is 597 g/mol. The van der Waals surface area contributed by atoms with E-state index in [0.717, 1.165) is 53.6 Å². The number of allylic oxidation sites excluding steroid dienone is 4. The van der Waals surface area contributed by atoms with Crippen LogP contribution in [0.4, 0.5) is 0 Å². The predicted octanol–water partition coefficient (Wildman–Crippen LogP) is 7.94. The van der Waals surface area contributed by atoms with Gasteiger partial charge in [-0.1, -0.05) is 24.3 Å². The second kappa shape index (κ2) is 16.2. The Labute approximate surface area is 267 Å². The van der Waals surface area contributed by atoms with E-state index in [0.29, 0.717) is 12.2 Å². The van der Waals surface area contributed by atoms with E-state index in [1.807, 2.05) is 0 Å². The lowest BCUT2D eigenvalue weighted by Crippen LogP contribution is -2.47. The third-order valence-corrected chi connectivity index (χ3v) is 13.1. The molecule has 1 saturated heterocycles. The van der Waals surface area contributed by atoms with Crippen molar-refractivity contribution in [3.8, 4) is 0 Å². The van der Waals surface area contributed by atoms with E-state index in [1.165, 1.54) is 116 Å². The molecular formula is C39H70N3O+. The van der Waals surface area contributed by atoms with Crippen LogP contribution in [0.5, 0.6) is 0 Å². The van der Waals surface area contributed by atoms with Crippen LogP contribution in [0.2, 0.25) is 0 Å².